The lowest BCUT2D eigenvalue weighted by Crippen LogP contribution is -2.68. The third kappa shape index (κ3) is 4.25. The van der Waals surface area contributed by atoms with Crippen LogP contribution in [0.3, 0.4) is 0 Å². The molecule has 0 spiro atoms. The lowest BCUT2D eigenvalue weighted by Gasteiger charge is -2.46. The highest BCUT2D eigenvalue weighted by molar-refractivity contribution is 6.99. The monoisotopic (exact) mass is 390 g/mol. The summed E-state index contributed by atoms with van der Waals surface area (Å²) < 4.78 is 7.34. The zero-order valence-electron chi connectivity index (χ0n) is 17.7. The van der Waals surface area contributed by atoms with Crippen molar-refractivity contribution in [3.8, 4) is 0 Å². The van der Waals surface area contributed by atoms with Crippen LogP contribution in [-0.2, 0) is 4.43 Å². The molecule has 28 heavy (non-hydrogen) atoms. The smallest absolute Gasteiger partial charge is 0.261 e. The van der Waals surface area contributed by atoms with Crippen molar-refractivity contribution in [2.75, 3.05) is 0 Å². The van der Waals surface area contributed by atoms with Gasteiger partial charge in [-0.15, -0.1) is 5.73 Å². The van der Waals surface area contributed by atoms with E-state index in [0.29, 0.717) is 5.92 Å². The first kappa shape index (κ1) is 20.9. The Hall–Kier alpha value is -1.86. The van der Waals surface area contributed by atoms with Gasteiger partial charge in [0.25, 0.3) is 8.32 Å². The summed E-state index contributed by atoms with van der Waals surface area (Å²) in [4.78, 5) is 0. The van der Waals surface area contributed by atoms with Crippen molar-refractivity contribution >= 4 is 18.7 Å². The molecule has 0 N–H and O–H groups in total. The molecule has 1 atom stereocenters. The van der Waals surface area contributed by atoms with E-state index in [0.717, 1.165) is 0 Å². The van der Waals surface area contributed by atoms with Gasteiger partial charge in [-0.3, -0.25) is 0 Å². The Balaban J connectivity index is 2.15. The zero-order valence-corrected chi connectivity index (χ0v) is 18.7. The predicted molar refractivity (Wildman–Crippen MR) is 123 cm³/mol. The maximum absolute atomic E-state index is 7.34. The standard InChI is InChI=1S/C26H34OSi/c1-5-15-25(22-16-9-6-10-17-22)27-28(26(2,3)4,23-18-11-7-12-19-23)24-20-13-8-14-21-24/h7-8,11-15,18-22,25H,1,6,9-10,16-17H2,2-4H3. The topological polar surface area (TPSA) is 9.23 Å². The molecule has 2 aromatic rings. The van der Waals surface area contributed by atoms with Crippen molar-refractivity contribution in [1.82, 2.24) is 0 Å². The quantitative estimate of drug-likeness (QED) is 0.444. The first-order chi connectivity index (χ1) is 13.5. The molecule has 1 aliphatic rings. The van der Waals surface area contributed by atoms with Gasteiger partial charge in [0.1, 0.15) is 0 Å². The van der Waals surface area contributed by atoms with Gasteiger partial charge in [-0.05, 0) is 40.2 Å². The fourth-order valence-electron chi connectivity index (χ4n) is 4.74. The van der Waals surface area contributed by atoms with Gasteiger partial charge in [-0.1, -0.05) is 107 Å². The van der Waals surface area contributed by atoms with Crippen molar-refractivity contribution in [3.63, 3.8) is 0 Å². The summed E-state index contributed by atoms with van der Waals surface area (Å²) in [6.07, 6.45) is 8.59. The minimum absolute atomic E-state index is 0.00235. The van der Waals surface area contributed by atoms with Crippen LogP contribution in [0.2, 0.25) is 5.04 Å². The third-order valence-electron chi connectivity index (χ3n) is 6.13. The Kier molecular flexibility index (Phi) is 6.77. The molecule has 1 nitrogen and oxygen atoms in total. The SMILES string of the molecule is C=C=CC(O[Si](c1ccccc1)(c1ccccc1)C(C)(C)C)C1CCCCC1. The Bertz CT molecular complexity index is 739. The number of benzene rings is 2. The van der Waals surface area contributed by atoms with E-state index in [1.807, 2.05) is 0 Å². The molecular weight excluding hydrogens is 356 g/mol. The molecular formula is C26H34OSi. The van der Waals surface area contributed by atoms with E-state index in [-0.39, 0.29) is 11.1 Å². The van der Waals surface area contributed by atoms with Crippen molar-refractivity contribution in [2.45, 2.75) is 64.0 Å². The number of hydrogen-bond acceptors (Lipinski definition) is 1. The zero-order chi connectivity index (χ0) is 20.0. The predicted octanol–water partition coefficient (Wildman–Crippen LogP) is 5.85. The fourth-order valence-corrected chi connectivity index (χ4v) is 9.42. The van der Waals surface area contributed by atoms with Crippen LogP contribution < -0.4 is 10.4 Å². The van der Waals surface area contributed by atoms with Crippen molar-refractivity contribution in [1.29, 1.82) is 0 Å². The summed E-state index contributed by atoms with van der Waals surface area (Å²) in [5.74, 6) is 0.560. The van der Waals surface area contributed by atoms with E-state index >= 15 is 0 Å². The highest BCUT2D eigenvalue weighted by Crippen LogP contribution is 2.40. The number of rotatable bonds is 6. The van der Waals surface area contributed by atoms with E-state index in [1.54, 1.807) is 0 Å². The van der Waals surface area contributed by atoms with Crippen molar-refractivity contribution in [3.05, 3.63) is 79.0 Å². The van der Waals surface area contributed by atoms with Gasteiger partial charge < -0.3 is 4.43 Å². The lowest BCUT2D eigenvalue weighted by molar-refractivity contribution is 0.137. The van der Waals surface area contributed by atoms with Gasteiger partial charge >= 0.3 is 0 Å². The summed E-state index contributed by atoms with van der Waals surface area (Å²) in [5.41, 5.74) is 3.06. The fraction of sp³-hybridized carbons (Fsp3) is 0.423. The molecule has 0 heterocycles. The van der Waals surface area contributed by atoms with Crippen LogP contribution in [0.5, 0.6) is 0 Å². The molecule has 148 valence electrons. The molecule has 0 aliphatic heterocycles. The largest absolute Gasteiger partial charge is 0.400 e. The molecule has 1 fully saturated rings. The Morgan fingerprint density at radius 1 is 0.929 bits per heavy atom. The van der Waals surface area contributed by atoms with Crippen LogP contribution >= 0.6 is 0 Å². The van der Waals surface area contributed by atoms with Crippen LogP contribution in [0, 0.1) is 5.92 Å². The maximum atomic E-state index is 7.34. The van der Waals surface area contributed by atoms with Gasteiger partial charge in [-0.25, -0.2) is 0 Å². The first-order valence-electron chi connectivity index (χ1n) is 10.6. The molecule has 0 bridgehead atoms. The second-order valence-electron chi connectivity index (χ2n) is 9.01. The van der Waals surface area contributed by atoms with Crippen LogP contribution in [-0.4, -0.2) is 14.4 Å². The first-order valence-corrected chi connectivity index (χ1v) is 12.5. The van der Waals surface area contributed by atoms with Gasteiger partial charge in [0.05, 0.1) is 6.10 Å². The molecule has 2 heteroatoms. The molecule has 1 aliphatic carbocycles. The average Bonchev–Trinajstić information content (AvgIpc) is 2.72. The van der Waals surface area contributed by atoms with Crippen molar-refractivity contribution < 1.29 is 4.43 Å². The van der Waals surface area contributed by atoms with Crippen LogP contribution in [0.15, 0.2) is 79.0 Å². The van der Waals surface area contributed by atoms with E-state index < -0.39 is 8.32 Å². The maximum Gasteiger partial charge on any atom is 0.261 e. The van der Waals surface area contributed by atoms with Crippen LogP contribution in [0.1, 0.15) is 52.9 Å². The van der Waals surface area contributed by atoms with Crippen molar-refractivity contribution in [2.24, 2.45) is 5.92 Å². The summed E-state index contributed by atoms with van der Waals surface area (Å²) in [6, 6.07) is 21.8. The summed E-state index contributed by atoms with van der Waals surface area (Å²) in [7, 11) is -2.53. The molecule has 0 radical (unpaired) electrons. The van der Waals surface area contributed by atoms with E-state index in [2.05, 4.69) is 99.8 Å². The second-order valence-corrected chi connectivity index (χ2v) is 13.3. The second kappa shape index (κ2) is 9.09. The van der Waals surface area contributed by atoms with Gasteiger partial charge in [0.2, 0.25) is 0 Å². The molecule has 2 aromatic carbocycles. The molecule has 1 unspecified atom stereocenters. The molecule has 0 aromatic heterocycles. The lowest BCUT2D eigenvalue weighted by atomic mass is 9.85. The highest BCUT2D eigenvalue weighted by Gasteiger charge is 2.51. The van der Waals surface area contributed by atoms with Crippen LogP contribution in [0.25, 0.3) is 0 Å². The number of hydrogen-bond donors (Lipinski definition) is 0. The molecule has 1 saturated carbocycles. The normalized spacial score (nSPS) is 17.0. The van der Waals surface area contributed by atoms with Gasteiger partial charge in [-0.2, -0.15) is 0 Å². The Morgan fingerprint density at radius 2 is 1.43 bits per heavy atom. The third-order valence-corrected chi connectivity index (χ3v) is 11.2. The Morgan fingerprint density at radius 3 is 1.86 bits per heavy atom. The van der Waals surface area contributed by atoms with Crippen LogP contribution in [0.4, 0.5) is 0 Å². The van der Waals surface area contributed by atoms with E-state index in [1.165, 1.54) is 42.5 Å². The summed E-state index contributed by atoms with van der Waals surface area (Å²) in [5, 5.41) is 2.68. The Labute approximate surface area is 172 Å². The van der Waals surface area contributed by atoms with E-state index in [4.69, 9.17) is 4.43 Å². The minimum Gasteiger partial charge on any atom is -0.400 e. The summed E-state index contributed by atoms with van der Waals surface area (Å²) in [6.45, 7) is 10.9. The molecule has 0 saturated heterocycles. The van der Waals surface area contributed by atoms with E-state index in [9.17, 15) is 0 Å². The highest BCUT2D eigenvalue weighted by atomic mass is 28.4. The minimum atomic E-state index is -2.53. The summed E-state index contributed by atoms with van der Waals surface area (Å²) >= 11 is 0. The van der Waals surface area contributed by atoms with Gasteiger partial charge in [0.15, 0.2) is 0 Å². The molecule has 0 amide bonds. The van der Waals surface area contributed by atoms with Gasteiger partial charge in [0, 0.05) is 0 Å². The average molecular weight is 391 g/mol. The molecule has 3 rings (SSSR count).